The molecule has 21 heavy (non-hydrogen) atoms. The van der Waals surface area contributed by atoms with Gasteiger partial charge in [-0.1, -0.05) is 17.3 Å². The van der Waals surface area contributed by atoms with Crippen molar-refractivity contribution in [1.82, 2.24) is 10.1 Å². The van der Waals surface area contributed by atoms with E-state index in [0.717, 1.165) is 29.9 Å². The average molecular weight is 283 g/mol. The van der Waals surface area contributed by atoms with E-state index in [-0.39, 0.29) is 11.8 Å². The van der Waals surface area contributed by atoms with Gasteiger partial charge in [0.05, 0.1) is 5.92 Å². The molecule has 1 aromatic carbocycles. The molecule has 2 fully saturated rings. The zero-order valence-corrected chi connectivity index (χ0v) is 12.0. The van der Waals surface area contributed by atoms with E-state index in [9.17, 15) is 4.79 Å². The molecule has 0 unspecified atom stereocenters. The first kappa shape index (κ1) is 12.6. The highest BCUT2D eigenvalue weighted by Crippen LogP contribution is 2.39. The smallest absolute Gasteiger partial charge is 0.232 e. The van der Waals surface area contributed by atoms with Crippen molar-refractivity contribution in [3.05, 3.63) is 41.5 Å². The maximum Gasteiger partial charge on any atom is 0.232 e. The number of anilines is 1. The molecule has 1 aliphatic heterocycles. The van der Waals surface area contributed by atoms with Gasteiger partial charge in [0.2, 0.25) is 11.8 Å². The molecule has 1 amide bonds. The van der Waals surface area contributed by atoms with E-state index in [1.165, 1.54) is 0 Å². The predicted molar refractivity (Wildman–Crippen MR) is 77.2 cm³/mol. The number of carbonyl (C=O) groups excluding carboxylic acids is 1. The average Bonchev–Trinajstić information content (AvgIpc) is 3.07. The van der Waals surface area contributed by atoms with Crippen molar-refractivity contribution in [2.45, 2.75) is 38.0 Å². The minimum Gasteiger partial charge on any atom is -0.339 e. The van der Waals surface area contributed by atoms with E-state index in [2.05, 4.69) is 10.1 Å². The van der Waals surface area contributed by atoms with Gasteiger partial charge in [-0.25, -0.2) is 0 Å². The van der Waals surface area contributed by atoms with E-state index in [0.29, 0.717) is 24.8 Å². The Hall–Kier alpha value is -2.17. The summed E-state index contributed by atoms with van der Waals surface area (Å²) >= 11 is 0. The molecule has 0 spiro atoms. The summed E-state index contributed by atoms with van der Waals surface area (Å²) in [7, 11) is 0. The fourth-order valence-electron chi connectivity index (χ4n) is 2.84. The van der Waals surface area contributed by atoms with Gasteiger partial charge in [-0.2, -0.15) is 4.98 Å². The second-order valence-electron chi connectivity index (χ2n) is 6.01. The number of rotatable bonds is 3. The number of aromatic nitrogens is 2. The molecule has 0 N–H and O–H groups in total. The van der Waals surface area contributed by atoms with Crippen LogP contribution in [0.5, 0.6) is 0 Å². The molecule has 2 aromatic rings. The molecule has 1 atom stereocenters. The van der Waals surface area contributed by atoms with Gasteiger partial charge in [0, 0.05) is 24.6 Å². The molecule has 1 saturated heterocycles. The number of aryl methyl sites for hydroxylation is 1. The second-order valence-corrected chi connectivity index (χ2v) is 6.01. The Morgan fingerprint density at radius 3 is 2.90 bits per heavy atom. The van der Waals surface area contributed by atoms with Crippen LogP contribution in [0.15, 0.2) is 28.8 Å². The number of hydrogen-bond acceptors (Lipinski definition) is 4. The Morgan fingerprint density at radius 1 is 1.29 bits per heavy atom. The van der Waals surface area contributed by atoms with Crippen LogP contribution in [0.4, 0.5) is 5.69 Å². The summed E-state index contributed by atoms with van der Waals surface area (Å²) in [4.78, 5) is 18.6. The molecule has 1 aromatic heterocycles. The van der Waals surface area contributed by atoms with Crippen molar-refractivity contribution in [3.8, 4) is 0 Å². The predicted octanol–water partition coefficient (Wildman–Crippen LogP) is 2.78. The standard InChI is InChI=1S/C16H17N3O2/c1-10-3-2-4-13(7-10)19-9-12(8-14(19)20)16-17-15(18-21-16)11-5-6-11/h2-4,7,11-12H,5-6,8-9H2,1H3/t12-/m1/s1. The lowest BCUT2D eigenvalue weighted by Gasteiger charge is -2.16. The maximum atomic E-state index is 12.3. The number of nitrogens with zero attached hydrogens (tertiary/aromatic N) is 3. The van der Waals surface area contributed by atoms with Crippen molar-refractivity contribution in [3.63, 3.8) is 0 Å². The van der Waals surface area contributed by atoms with Crippen LogP contribution < -0.4 is 4.90 Å². The third kappa shape index (κ3) is 2.33. The van der Waals surface area contributed by atoms with Crippen LogP contribution in [0, 0.1) is 6.92 Å². The molecule has 1 aliphatic carbocycles. The highest BCUT2D eigenvalue weighted by molar-refractivity contribution is 5.96. The van der Waals surface area contributed by atoms with Crippen LogP contribution in [0.3, 0.4) is 0 Å². The lowest BCUT2D eigenvalue weighted by Crippen LogP contribution is -2.24. The first-order valence-corrected chi connectivity index (χ1v) is 7.41. The number of benzene rings is 1. The van der Waals surface area contributed by atoms with E-state index in [4.69, 9.17) is 4.52 Å². The van der Waals surface area contributed by atoms with E-state index >= 15 is 0 Å². The van der Waals surface area contributed by atoms with Crippen LogP contribution in [-0.4, -0.2) is 22.6 Å². The summed E-state index contributed by atoms with van der Waals surface area (Å²) in [5.41, 5.74) is 2.10. The van der Waals surface area contributed by atoms with Crippen molar-refractivity contribution >= 4 is 11.6 Å². The number of hydrogen-bond donors (Lipinski definition) is 0. The van der Waals surface area contributed by atoms with Gasteiger partial charge in [-0.05, 0) is 37.5 Å². The Bertz CT molecular complexity index is 690. The van der Waals surface area contributed by atoms with E-state index < -0.39 is 0 Å². The van der Waals surface area contributed by atoms with Gasteiger partial charge >= 0.3 is 0 Å². The first-order valence-electron chi connectivity index (χ1n) is 7.41. The summed E-state index contributed by atoms with van der Waals surface area (Å²) in [5.74, 6) is 2.04. The zero-order valence-electron chi connectivity index (χ0n) is 12.0. The van der Waals surface area contributed by atoms with Crippen molar-refractivity contribution in [2.24, 2.45) is 0 Å². The fourth-order valence-corrected chi connectivity index (χ4v) is 2.84. The van der Waals surface area contributed by atoms with E-state index in [1.807, 2.05) is 36.1 Å². The van der Waals surface area contributed by atoms with Crippen LogP contribution in [0.25, 0.3) is 0 Å². The molecular weight excluding hydrogens is 266 g/mol. The van der Waals surface area contributed by atoms with Crippen LogP contribution in [0.2, 0.25) is 0 Å². The largest absolute Gasteiger partial charge is 0.339 e. The highest BCUT2D eigenvalue weighted by atomic mass is 16.5. The Balaban J connectivity index is 1.55. The monoisotopic (exact) mass is 283 g/mol. The van der Waals surface area contributed by atoms with Crippen LogP contribution in [0.1, 0.15) is 48.4 Å². The van der Waals surface area contributed by atoms with Gasteiger partial charge in [-0.15, -0.1) is 0 Å². The van der Waals surface area contributed by atoms with Gasteiger partial charge in [0.1, 0.15) is 0 Å². The van der Waals surface area contributed by atoms with E-state index in [1.54, 1.807) is 0 Å². The Labute approximate surface area is 123 Å². The summed E-state index contributed by atoms with van der Waals surface area (Å²) in [5, 5.41) is 4.04. The quantitative estimate of drug-likeness (QED) is 0.869. The Kier molecular flexibility index (Phi) is 2.80. The summed E-state index contributed by atoms with van der Waals surface area (Å²) in [6.07, 6.45) is 2.75. The van der Waals surface area contributed by atoms with Crippen molar-refractivity contribution in [1.29, 1.82) is 0 Å². The lowest BCUT2D eigenvalue weighted by atomic mass is 10.1. The first-order chi connectivity index (χ1) is 10.2. The third-order valence-electron chi connectivity index (χ3n) is 4.19. The van der Waals surface area contributed by atoms with Gasteiger partial charge < -0.3 is 9.42 Å². The van der Waals surface area contributed by atoms with Crippen LogP contribution in [-0.2, 0) is 4.79 Å². The van der Waals surface area contributed by atoms with Gasteiger partial charge in [0.15, 0.2) is 5.82 Å². The topological polar surface area (TPSA) is 59.2 Å². The molecule has 0 bridgehead atoms. The normalized spacial score (nSPS) is 22.0. The molecule has 108 valence electrons. The van der Waals surface area contributed by atoms with Crippen molar-refractivity contribution < 1.29 is 9.32 Å². The highest BCUT2D eigenvalue weighted by Gasteiger charge is 2.36. The molecule has 1 saturated carbocycles. The molecular formula is C16H17N3O2. The summed E-state index contributed by atoms with van der Waals surface area (Å²) in [6.45, 7) is 2.65. The van der Waals surface area contributed by atoms with Gasteiger partial charge in [-0.3, -0.25) is 4.79 Å². The summed E-state index contributed by atoms with van der Waals surface area (Å²) < 4.78 is 5.37. The van der Waals surface area contributed by atoms with Crippen molar-refractivity contribution in [2.75, 3.05) is 11.4 Å². The summed E-state index contributed by atoms with van der Waals surface area (Å²) in [6, 6.07) is 8.01. The molecule has 5 heteroatoms. The zero-order chi connectivity index (χ0) is 14.4. The SMILES string of the molecule is Cc1cccc(N2C[C@H](c3nc(C4CC4)no3)CC2=O)c1. The molecule has 2 aliphatic rings. The maximum absolute atomic E-state index is 12.3. The third-order valence-corrected chi connectivity index (χ3v) is 4.19. The molecule has 0 radical (unpaired) electrons. The van der Waals surface area contributed by atoms with Crippen LogP contribution >= 0.6 is 0 Å². The molecule has 5 nitrogen and oxygen atoms in total. The lowest BCUT2D eigenvalue weighted by molar-refractivity contribution is -0.117. The molecule has 2 heterocycles. The number of amides is 1. The fraction of sp³-hybridized carbons (Fsp3) is 0.438. The number of carbonyl (C=O) groups is 1. The minimum absolute atomic E-state index is 0.0120. The second kappa shape index (κ2) is 4.69. The minimum atomic E-state index is 0.0120. The Morgan fingerprint density at radius 2 is 2.14 bits per heavy atom. The van der Waals surface area contributed by atoms with Gasteiger partial charge in [0.25, 0.3) is 0 Å². The molecule has 4 rings (SSSR count).